The third kappa shape index (κ3) is 6.08. The Morgan fingerprint density at radius 3 is 2.57 bits per heavy atom. The molecule has 21 heteroatoms. The Bertz CT molecular complexity index is 1480. The van der Waals surface area contributed by atoms with E-state index in [1.54, 1.807) is 0 Å². The molecule has 3 unspecified atom stereocenters. The lowest BCUT2D eigenvalue weighted by Gasteiger charge is -2.28. The number of phosphoric ester groups is 1. The quantitative estimate of drug-likeness (QED) is 0.136. The number of phosphoric acid groups is 3. The summed E-state index contributed by atoms with van der Waals surface area (Å²) >= 11 is 0. The fourth-order valence-electron chi connectivity index (χ4n) is 3.13. The van der Waals surface area contributed by atoms with Crippen LogP contribution in [0.3, 0.4) is 0 Å². The second-order valence-corrected chi connectivity index (χ2v) is 11.2. The highest BCUT2D eigenvalue weighted by Crippen LogP contribution is 2.66. The van der Waals surface area contributed by atoms with Gasteiger partial charge in [0, 0.05) is 6.20 Å². The number of nitrogens with two attached hydrogens (primary N) is 2. The molecule has 1 saturated heterocycles. The molecule has 3 rings (SSSR count). The van der Waals surface area contributed by atoms with Crippen LogP contribution in [-0.2, 0) is 31.6 Å². The first-order valence-corrected chi connectivity index (χ1v) is 13.5. The maximum atomic E-state index is 12.2. The first-order valence-electron chi connectivity index (χ1n) is 9.98. The molecule has 1 fully saturated rings. The van der Waals surface area contributed by atoms with Crippen LogP contribution >= 0.6 is 23.5 Å². The molecular formula is C14H20N5O13P3. The van der Waals surface area contributed by atoms with Gasteiger partial charge < -0.3 is 45.5 Å². The molecule has 0 aromatic carbocycles. The number of nitrogens with one attached hydrogen (secondary N) is 1. The van der Waals surface area contributed by atoms with Crippen LogP contribution in [0.1, 0.15) is 15.9 Å². The van der Waals surface area contributed by atoms with Crippen molar-refractivity contribution in [3.8, 4) is 11.8 Å². The summed E-state index contributed by atoms with van der Waals surface area (Å²) in [6.07, 6.45) is -4.78. The second kappa shape index (κ2) is 9.51. The van der Waals surface area contributed by atoms with E-state index in [9.17, 15) is 33.4 Å². The van der Waals surface area contributed by atoms with Crippen LogP contribution < -0.4 is 17.0 Å². The molecule has 0 spiro atoms. The van der Waals surface area contributed by atoms with E-state index in [1.165, 1.54) is 19.2 Å². The third-order valence-corrected chi connectivity index (χ3v) is 8.02. The largest absolute Gasteiger partial charge is 0.490 e. The Kier molecular flexibility index (Phi) is 6.72. The Labute approximate surface area is 198 Å². The second-order valence-electron chi connectivity index (χ2n) is 6.87. The Hall–Kier alpha value is -1.93. The average Bonchev–Trinajstić information content (AvgIpc) is 3.18. The number of hydrogen-bond acceptors (Lipinski definition) is 12. The number of nitrogen functional groups attached to an aromatic ring is 1. The molecule has 3 heterocycles. The molecule has 0 saturated carbocycles. The number of aliphatic hydroxyl groups is 1. The van der Waals surface area contributed by atoms with Gasteiger partial charge in [-0.05, 0) is 13.0 Å². The molecule has 2 aromatic rings. The van der Waals surface area contributed by atoms with Crippen LogP contribution in [0.4, 0.5) is 5.95 Å². The number of hydrogen-bond donors (Lipinski definition) is 8. The van der Waals surface area contributed by atoms with Crippen molar-refractivity contribution in [3.63, 3.8) is 0 Å². The lowest BCUT2D eigenvalue weighted by molar-refractivity contribution is -0.0436. The molecule has 0 radical (unpaired) electrons. The number of ether oxygens (including phenoxy) is 1. The van der Waals surface area contributed by atoms with E-state index >= 15 is 0 Å². The molecule has 18 nitrogen and oxygen atoms in total. The highest BCUT2D eigenvalue weighted by atomic mass is 31.3. The topological polar surface area (TPSA) is 292 Å². The SMILES string of the molecule is [2H]C([2H])(OP(=O)(O)OP(=O)(O)OP(=O)(O)O)[C@H]1O[C@@H](n2ccc3c(=O)[nH]c(N)nc32)C(N)(C#CC)[C@H]1O. The minimum absolute atomic E-state index is 0.00109. The molecule has 6 atom stereocenters. The van der Waals surface area contributed by atoms with Crippen LogP contribution in [0.2, 0.25) is 0 Å². The number of anilines is 1. The van der Waals surface area contributed by atoms with Crippen molar-refractivity contribution in [2.75, 3.05) is 12.3 Å². The van der Waals surface area contributed by atoms with Crippen LogP contribution in [0.5, 0.6) is 0 Å². The number of nitrogens with zero attached hydrogens (tertiary/aromatic N) is 2. The average molecular weight is 561 g/mol. The van der Waals surface area contributed by atoms with Crippen molar-refractivity contribution in [3.05, 3.63) is 22.6 Å². The summed E-state index contributed by atoms with van der Waals surface area (Å²) in [5, 5.41) is 10.9. The van der Waals surface area contributed by atoms with Crippen LogP contribution in [0, 0.1) is 11.8 Å². The number of aromatic nitrogens is 3. The fraction of sp³-hybridized carbons (Fsp3) is 0.429. The summed E-state index contributed by atoms with van der Waals surface area (Å²) < 4.78 is 68.5. The zero-order valence-electron chi connectivity index (χ0n) is 19.3. The van der Waals surface area contributed by atoms with Crippen molar-refractivity contribution in [1.82, 2.24) is 14.5 Å². The summed E-state index contributed by atoms with van der Waals surface area (Å²) in [7, 11) is -17.7. The van der Waals surface area contributed by atoms with Crippen LogP contribution in [-0.4, -0.2) is 63.5 Å². The van der Waals surface area contributed by atoms with E-state index in [4.69, 9.17) is 28.7 Å². The Morgan fingerprint density at radius 1 is 1.31 bits per heavy atom. The molecule has 2 aromatic heterocycles. The molecule has 0 amide bonds. The number of rotatable bonds is 8. The van der Waals surface area contributed by atoms with E-state index < -0.39 is 59.6 Å². The normalized spacial score (nSPS) is 29.5. The highest BCUT2D eigenvalue weighted by molar-refractivity contribution is 7.66. The summed E-state index contributed by atoms with van der Waals surface area (Å²) in [6.45, 7) is -2.23. The van der Waals surface area contributed by atoms with E-state index in [2.05, 4.69) is 35.0 Å². The third-order valence-electron chi connectivity index (χ3n) is 4.35. The van der Waals surface area contributed by atoms with E-state index in [0.717, 1.165) is 4.57 Å². The fourth-order valence-corrected chi connectivity index (χ4v) is 6.00. The predicted octanol–water partition coefficient (Wildman–Crippen LogP) is -1.37. The molecular weight excluding hydrogens is 539 g/mol. The van der Waals surface area contributed by atoms with Crippen LogP contribution in [0.15, 0.2) is 17.1 Å². The maximum absolute atomic E-state index is 12.2. The number of fused-ring (bicyclic) bond motifs is 1. The first-order chi connectivity index (χ1) is 16.7. The Balaban J connectivity index is 1.99. The van der Waals surface area contributed by atoms with Crippen molar-refractivity contribution in [2.45, 2.75) is 30.9 Å². The van der Waals surface area contributed by atoms with Gasteiger partial charge in [-0.3, -0.25) is 14.3 Å². The van der Waals surface area contributed by atoms with Gasteiger partial charge >= 0.3 is 23.5 Å². The molecule has 1 aliphatic rings. The molecule has 194 valence electrons. The van der Waals surface area contributed by atoms with E-state index in [0.29, 0.717) is 0 Å². The highest BCUT2D eigenvalue weighted by Gasteiger charge is 2.55. The van der Waals surface area contributed by atoms with Gasteiger partial charge in [0.2, 0.25) is 5.95 Å². The predicted molar refractivity (Wildman–Crippen MR) is 115 cm³/mol. The van der Waals surface area contributed by atoms with Crippen molar-refractivity contribution in [2.24, 2.45) is 5.73 Å². The standard InChI is InChI=1S/C14H20N5O13P3/c1-2-4-14(16)9(20)8(6-29-34(25,26)32-35(27,28)31-33(22,23)24)30-12(14)19-5-3-7-10(19)17-13(15)18-11(7)21/h3,5,8-9,12,20H,6,16H2,1H3,(H,25,26)(H,27,28)(H2,22,23,24)(H3,15,17,18,21)/t8-,9+,12-,14?/m1/s1/i6D2. The first kappa shape index (κ1) is 24.8. The van der Waals surface area contributed by atoms with E-state index in [1.807, 2.05) is 0 Å². The van der Waals surface area contributed by atoms with Crippen LogP contribution in [0.25, 0.3) is 11.0 Å². The number of H-pyrrole nitrogens is 1. The summed E-state index contributed by atoms with van der Waals surface area (Å²) in [6, 6.07) is 1.28. The summed E-state index contributed by atoms with van der Waals surface area (Å²) in [5.74, 6) is 4.56. The molecule has 10 N–H and O–H groups in total. The maximum Gasteiger partial charge on any atom is 0.490 e. The minimum atomic E-state index is -6.00. The van der Waals surface area contributed by atoms with Gasteiger partial charge in [0.15, 0.2) is 17.4 Å². The molecule has 35 heavy (non-hydrogen) atoms. The van der Waals surface area contributed by atoms with Gasteiger partial charge in [-0.25, -0.2) is 13.7 Å². The smallest absolute Gasteiger partial charge is 0.387 e. The van der Waals surface area contributed by atoms with Gasteiger partial charge in [0.1, 0.15) is 12.2 Å². The monoisotopic (exact) mass is 561 g/mol. The van der Waals surface area contributed by atoms with Crippen molar-refractivity contribution in [1.29, 1.82) is 0 Å². The number of aromatic amines is 1. The zero-order chi connectivity index (χ0) is 28.2. The number of aliphatic hydroxyl groups excluding tert-OH is 1. The lowest BCUT2D eigenvalue weighted by Crippen LogP contribution is -2.53. The Morgan fingerprint density at radius 2 is 1.97 bits per heavy atom. The minimum Gasteiger partial charge on any atom is -0.387 e. The molecule has 0 aliphatic carbocycles. The van der Waals surface area contributed by atoms with Gasteiger partial charge in [-0.1, -0.05) is 5.92 Å². The van der Waals surface area contributed by atoms with Gasteiger partial charge in [-0.2, -0.15) is 13.6 Å². The van der Waals surface area contributed by atoms with Gasteiger partial charge in [0.05, 0.1) is 14.7 Å². The molecule has 1 aliphatic heterocycles. The summed E-state index contributed by atoms with van der Waals surface area (Å²) in [5.41, 5.74) is 8.89. The van der Waals surface area contributed by atoms with Crippen molar-refractivity contribution >= 4 is 40.4 Å². The zero-order valence-corrected chi connectivity index (χ0v) is 20.0. The van der Waals surface area contributed by atoms with Gasteiger partial charge in [-0.15, -0.1) is 5.92 Å². The van der Waals surface area contributed by atoms with Gasteiger partial charge in [0.25, 0.3) is 5.56 Å². The lowest BCUT2D eigenvalue weighted by atomic mass is 9.91. The van der Waals surface area contributed by atoms with E-state index in [-0.39, 0.29) is 17.0 Å². The van der Waals surface area contributed by atoms with Crippen molar-refractivity contribution < 1.29 is 59.0 Å². The molecule has 0 bridgehead atoms. The summed E-state index contributed by atoms with van der Waals surface area (Å²) in [4.78, 5) is 54.6.